The number of unbranched alkanes of at least 4 members (excludes halogenated alkanes) is 30. The zero-order chi connectivity index (χ0) is 106. The fourth-order valence-corrected chi connectivity index (χ4v) is 73.2. The second-order valence-corrected chi connectivity index (χ2v) is 77.8. The van der Waals surface area contributed by atoms with Crippen LogP contribution in [0.15, 0.2) is 0 Å². The lowest BCUT2D eigenvalue weighted by Gasteiger charge is -2.72. The van der Waals surface area contributed by atoms with Crippen LogP contribution in [0.1, 0.15) is 651 Å². The van der Waals surface area contributed by atoms with Gasteiger partial charge >= 0.3 is 0 Å². The highest BCUT2D eigenvalue weighted by Crippen LogP contribution is 2.87. The molecule has 0 aromatic heterocycles. The normalized spacial score (nSPS) is 21.8. The maximum atomic E-state index is 3.16. The first-order chi connectivity index (χ1) is 71.8. The number of rotatable bonds is 92. The molecule has 0 amide bonds. The van der Waals surface area contributed by atoms with Crippen molar-refractivity contribution >= 4 is 223 Å². The Morgan fingerprint density at radius 1 is 0.184 bits per heavy atom. The average molecular weight is 2390 g/mol. The van der Waals surface area contributed by atoms with E-state index in [2.05, 4.69) is 348 Å². The molecule has 12 atom stereocenters. The predicted molar refractivity (Wildman–Crippen MR) is 731 cm³/mol. The minimum Gasteiger partial charge on any atom is -0.146 e. The Kier molecular flexibility index (Phi) is 83.5. The predicted octanol–water partition coefficient (Wildman–Crippen LogP) is 51.3. The molecule has 0 aliphatic heterocycles. The standard InChI is InChI=1S/C128H246S19/c1-19-33-43-49-63-85-109-137-127(145-117-97-67-53-51-54-68-98-117,121(31-13,141-113-89-71-57-58-72-90-113)125(135-107-83-61-45-35-21-3,143-115-93-75-65-76-94-115)123(139-111(15)87-29-11,133-105-81-47-37-23-5)119(17,129-101-41-27-9)131-103-79-39-25-7)147-128(138-110-86-64-50-44-34-20-2,146-118-99-69-55-52-56-70-100-118)122(32-14,142-114-91-73-59-60-74-92-114)126(136-108-84-62-46-36-22-4,144-116-95-77-66-78-96-116)124(140-112(16)88-30-12,134-106-82-48-38-24-6)120(18,130-102-42-28-10)132-104-80-40-26-8/h111-118H,19-110H2,1-18H3. The third kappa shape index (κ3) is 47.3. The van der Waals surface area contributed by atoms with E-state index in [0.717, 1.165) is 0 Å². The molecular weight excluding hydrogens is 2150 g/mol. The van der Waals surface area contributed by atoms with E-state index in [1.165, 1.54) is 584 Å². The molecule has 0 N–H and O–H groups in total. The van der Waals surface area contributed by atoms with Crippen LogP contribution in [-0.2, 0) is 0 Å². The highest BCUT2D eigenvalue weighted by Gasteiger charge is 2.82. The molecule has 6 aliphatic rings. The zero-order valence-electron chi connectivity index (χ0n) is 100. The summed E-state index contributed by atoms with van der Waals surface area (Å²) in [5.41, 5.74) is 0. The molecule has 0 bridgehead atoms. The van der Waals surface area contributed by atoms with Gasteiger partial charge in [0.2, 0.25) is 0 Å². The van der Waals surface area contributed by atoms with Gasteiger partial charge in [-0.05, 0) is 238 Å². The molecule has 872 valence electrons. The van der Waals surface area contributed by atoms with Crippen LogP contribution in [0, 0.1) is 0 Å². The van der Waals surface area contributed by atoms with Crippen LogP contribution in [0.3, 0.4) is 0 Å². The van der Waals surface area contributed by atoms with Crippen LogP contribution in [0.25, 0.3) is 0 Å². The van der Waals surface area contributed by atoms with Crippen LogP contribution in [0.5, 0.6) is 0 Å². The van der Waals surface area contributed by atoms with Crippen molar-refractivity contribution < 1.29 is 0 Å². The Labute approximate surface area is 1000 Å². The SMILES string of the molecule is CCCCCCCCSC(SC1CCCCCCC1)(SC(SCCCCCCCC)(SC1CCCCCCC1)C(CC)(SC1CCCCCC1)C(SCCCCCCC)(SC1CCCCC1)C(SCCCCCC)(SC(C)CCC)C(C)(SCCCC)SCCCCC)C(CC)(SC1CCCCCC1)C(SCCCCCCC)(SC1CCCCC1)C(SCCCCCC)(SC(C)CCC)C(C)(SCCCC)SCCCCC. The smallest absolute Gasteiger partial charge is 0.126 e. The third-order valence-electron chi connectivity index (χ3n) is 33.7. The molecule has 0 spiro atoms. The van der Waals surface area contributed by atoms with E-state index in [1.807, 2.05) is 0 Å². The van der Waals surface area contributed by atoms with Gasteiger partial charge in [0.05, 0.1) is 17.7 Å². The maximum absolute atomic E-state index is 3.16. The Bertz CT molecular complexity index is 2810. The first kappa shape index (κ1) is 142. The van der Waals surface area contributed by atoms with Crippen molar-refractivity contribution in [3.63, 3.8) is 0 Å². The van der Waals surface area contributed by atoms with Crippen molar-refractivity contribution in [2.24, 2.45) is 0 Å². The average Bonchev–Trinajstić information content (AvgIpc) is 0.665. The molecule has 6 fully saturated rings. The minimum atomic E-state index is -0.306. The lowest BCUT2D eigenvalue weighted by molar-refractivity contribution is 0.454. The monoisotopic (exact) mass is 2390 g/mol. The topological polar surface area (TPSA) is 0 Å². The third-order valence-corrected chi connectivity index (χ3v) is 74.1. The van der Waals surface area contributed by atoms with Crippen molar-refractivity contribution in [3.05, 3.63) is 0 Å². The van der Waals surface area contributed by atoms with E-state index in [0.29, 0.717) is 42.0 Å². The lowest BCUT2D eigenvalue weighted by Crippen LogP contribution is -2.74. The first-order valence-electron chi connectivity index (χ1n) is 65.3. The summed E-state index contributed by atoms with van der Waals surface area (Å²) in [6.45, 7) is 49.1. The molecule has 0 heterocycles. The number of hydrogen-bond donors (Lipinski definition) is 0. The summed E-state index contributed by atoms with van der Waals surface area (Å²) < 4.78 is -2.24. The van der Waals surface area contributed by atoms with E-state index in [1.54, 1.807) is 0 Å². The molecule has 12 unspecified atom stereocenters. The summed E-state index contributed by atoms with van der Waals surface area (Å²) in [5.74, 6) is 13.0. The van der Waals surface area contributed by atoms with E-state index in [9.17, 15) is 0 Å². The Balaban J connectivity index is 2.38. The van der Waals surface area contributed by atoms with Crippen LogP contribution in [-0.4, -0.2) is 140 Å². The maximum Gasteiger partial charge on any atom is 0.126 e. The number of thioether (sulfide) groups is 19. The van der Waals surface area contributed by atoms with Gasteiger partial charge in [0.15, 0.2) is 0 Å². The summed E-state index contributed by atoms with van der Waals surface area (Å²) in [4.78, 5) is 0. The van der Waals surface area contributed by atoms with Gasteiger partial charge < -0.3 is 0 Å². The second kappa shape index (κ2) is 86.3. The van der Waals surface area contributed by atoms with E-state index < -0.39 is 0 Å². The molecule has 0 nitrogen and oxygen atoms in total. The molecule has 0 aromatic carbocycles. The Morgan fingerprint density at radius 3 is 0.619 bits per heavy atom. The summed E-state index contributed by atoms with van der Waals surface area (Å²) in [6.07, 6.45) is 113. The second-order valence-electron chi connectivity index (χ2n) is 46.8. The molecule has 6 aliphatic carbocycles. The van der Waals surface area contributed by atoms with Crippen molar-refractivity contribution in [2.45, 2.75) is 734 Å². The molecule has 6 rings (SSSR count). The summed E-state index contributed by atoms with van der Waals surface area (Å²) in [7, 11) is 0. The van der Waals surface area contributed by atoms with Crippen molar-refractivity contribution in [1.82, 2.24) is 0 Å². The first-order valence-corrected chi connectivity index (χ1v) is 83.0. The van der Waals surface area contributed by atoms with Crippen molar-refractivity contribution in [1.29, 1.82) is 0 Å². The Morgan fingerprint density at radius 2 is 0.367 bits per heavy atom. The zero-order valence-corrected chi connectivity index (χ0v) is 116. The van der Waals surface area contributed by atoms with Crippen LogP contribution < -0.4 is 0 Å². The van der Waals surface area contributed by atoms with Gasteiger partial charge in [0.25, 0.3) is 0 Å². The Hall–Kier alpha value is 6.65. The molecule has 0 radical (unpaired) electrons. The van der Waals surface area contributed by atoms with Gasteiger partial charge in [-0.1, -0.05) is 470 Å². The lowest BCUT2D eigenvalue weighted by atomic mass is 9.95. The van der Waals surface area contributed by atoms with Gasteiger partial charge in [-0.25, -0.2) is 0 Å². The summed E-state index contributed by atoms with van der Waals surface area (Å²) in [6, 6.07) is 0. The minimum absolute atomic E-state index is 0.112. The van der Waals surface area contributed by atoms with E-state index in [4.69, 9.17) is 0 Å². The highest BCUT2D eigenvalue weighted by atomic mass is 32.3. The van der Waals surface area contributed by atoms with Crippen molar-refractivity contribution in [3.8, 4) is 0 Å². The molecular formula is C128H246S19. The van der Waals surface area contributed by atoms with Gasteiger partial charge in [-0.2, -0.15) is 0 Å². The number of hydrogen-bond acceptors (Lipinski definition) is 19. The van der Waals surface area contributed by atoms with Crippen LogP contribution in [0.2, 0.25) is 0 Å². The fourth-order valence-electron chi connectivity index (χ4n) is 24.7. The van der Waals surface area contributed by atoms with Gasteiger partial charge in [0.1, 0.15) is 23.1 Å². The van der Waals surface area contributed by atoms with Crippen LogP contribution in [0.4, 0.5) is 0 Å². The molecule has 147 heavy (non-hydrogen) atoms. The van der Waals surface area contributed by atoms with E-state index in [-0.39, 0.29) is 40.8 Å². The molecule has 0 saturated heterocycles. The van der Waals surface area contributed by atoms with Crippen LogP contribution >= 0.6 is 223 Å². The van der Waals surface area contributed by atoms with Gasteiger partial charge in [-0.15, -0.1) is 223 Å². The quantitative estimate of drug-likeness (QED) is 0.0322. The molecule has 0 aromatic rings. The van der Waals surface area contributed by atoms with Gasteiger partial charge in [-0.3, -0.25) is 0 Å². The summed E-state index contributed by atoms with van der Waals surface area (Å²) >= 11 is 54.2. The summed E-state index contributed by atoms with van der Waals surface area (Å²) in [5, 5.41) is 4.72. The van der Waals surface area contributed by atoms with Gasteiger partial charge in [0, 0.05) is 42.0 Å². The highest BCUT2D eigenvalue weighted by molar-refractivity contribution is 8.45. The molecule has 6 saturated carbocycles. The van der Waals surface area contributed by atoms with Crippen molar-refractivity contribution in [2.75, 3.05) is 57.5 Å². The fraction of sp³-hybridized carbons (Fsp3) is 1.00. The molecule has 19 heteroatoms. The largest absolute Gasteiger partial charge is 0.146 e. The van der Waals surface area contributed by atoms with E-state index >= 15 is 0 Å².